The second-order valence-electron chi connectivity index (χ2n) is 3.35. The SMILES string of the molecule is CCC(=O)/C=C(\C)C(C)N(C)C. The number of carbonyl (C=O) groups is 1. The Labute approximate surface area is 75.3 Å². The lowest BCUT2D eigenvalue weighted by atomic mass is 10.1. The fraction of sp³-hybridized carbons (Fsp3) is 0.700. The van der Waals surface area contributed by atoms with Gasteiger partial charge in [-0.15, -0.1) is 0 Å². The fourth-order valence-corrected chi connectivity index (χ4v) is 0.884. The average Bonchev–Trinajstić information content (AvgIpc) is 2.02. The summed E-state index contributed by atoms with van der Waals surface area (Å²) in [6.07, 6.45) is 2.34. The number of likely N-dealkylation sites (N-methyl/N-ethyl adjacent to an activating group) is 1. The molecule has 0 amide bonds. The van der Waals surface area contributed by atoms with Gasteiger partial charge in [0.15, 0.2) is 5.78 Å². The van der Waals surface area contributed by atoms with E-state index in [-0.39, 0.29) is 5.78 Å². The van der Waals surface area contributed by atoms with Crippen LogP contribution in [0.15, 0.2) is 11.6 Å². The van der Waals surface area contributed by atoms with Crippen molar-refractivity contribution in [1.82, 2.24) is 4.90 Å². The van der Waals surface area contributed by atoms with Crippen molar-refractivity contribution in [2.24, 2.45) is 0 Å². The number of hydrogen-bond donors (Lipinski definition) is 0. The van der Waals surface area contributed by atoms with E-state index in [2.05, 4.69) is 11.8 Å². The van der Waals surface area contributed by atoms with Crippen LogP contribution in [0.25, 0.3) is 0 Å². The quantitative estimate of drug-likeness (QED) is 0.599. The lowest BCUT2D eigenvalue weighted by molar-refractivity contribution is -0.114. The van der Waals surface area contributed by atoms with Crippen LogP contribution in [0.4, 0.5) is 0 Å². The van der Waals surface area contributed by atoms with Gasteiger partial charge >= 0.3 is 0 Å². The summed E-state index contributed by atoms with van der Waals surface area (Å²) in [6.45, 7) is 5.97. The summed E-state index contributed by atoms with van der Waals surface area (Å²) in [4.78, 5) is 13.1. The van der Waals surface area contributed by atoms with Gasteiger partial charge in [0.25, 0.3) is 0 Å². The van der Waals surface area contributed by atoms with Crippen LogP contribution < -0.4 is 0 Å². The molecule has 0 spiro atoms. The first kappa shape index (κ1) is 11.4. The minimum atomic E-state index is 0.209. The van der Waals surface area contributed by atoms with Crippen molar-refractivity contribution < 1.29 is 4.79 Å². The molecule has 70 valence electrons. The van der Waals surface area contributed by atoms with Crippen molar-refractivity contribution in [2.75, 3.05) is 14.1 Å². The lowest BCUT2D eigenvalue weighted by Gasteiger charge is -2.20. The molecule has 0 rings (SSSR count). The van der Waals surface area contributed by atoms with E-state index < -0.39 is 0 Å². The number of nitrogens with zero attached hydrogens (tertiary/aromatic N) is 1. The van der Waals surface area contributed by atoms with Crippen LogP contribution in [0.3, 0.4) is 0 Å². The second-order valence-corrected chi connectivity index (χ2v) is 3.35. The third-order valence-corrected chi connectivity index (χ3v) is 2.17. The van der Waals surface area contributed by atoms with Crippen LogP contribution in [-0.4, -0.2) is 30.8 Å². The topological polar surface area (TPSA) is 20.3 Å². The highest BCUT2D eigenvalue weighted by molar-refractivity contribution is 5.90. The highest BCUT2D eigenvalue weighted by Gasteiger charge is 2.06. The van der Waals surface area contributed by atoms with Crippen LogP contribution in [0.5, 0.6) is 0 Å². The van der Waals surface area contributed by atoms with Crippen LogP contribution in [0.1, 0.15) is 27.2 Å². The molecule has 1 atom stereocenters. The summed E-state index contributed by atoms with van der Waals surface area (Å²) < 4.78 is 0. The molecule has 0 N–H and O–H groups in total. The molecular weight excluding hydrogens is 150 g/mol. The first-order chi connectivity index (χ1) is 5.49. The number of carbonyl (C=O) groups excluding carboxylic acids is 1. The normalized spacial score (nSPS) is 15.0. The van der Waals surface area contributed by atoms with Gasteiger partial charge in [-0.1, -0.05) is 12.5 Å². The Hall–Kier alpha value is -0.630. The smallest absolute Gasteiger partial charge is 0.155 e. The zero-order valence-electron chi connectivity index (χ0n) is 8.72. The third kappa shape index (κ3) is 3.67. The van der Waals surface area contributed by atoms with Crippen LogP contribution in [0.2, 0.25) is 0 Å². The molecule has 0 aliphatic rings. The van der Waals surface area contributed by atoms with Gasteiger partial charge in [-0.3, -0.25) is 4.79 Å². The van der Waals surface area contributed by atoms with Gasteiger partial charge in [-0.25, -0.2) is 0 Å². The van der Waals surface area contributed by atoms with Crippen molar-refractivity contribution in [2.45, 2.75) is 33.2 Å². The van der Waals surface area contributed by atoms with Crippen LogP contribution in [0, 0.1) is 0 Å². The summed E-state index contributed by atoms with van der Waals surface area (Å²) in [6, 6.07) is 0.348. The third-order valence-electron chi connectivity index (χ3n) is 2.17. The number of rotatable bonds is 4. The minimum absolute atomic E-state index is 0.209. The molecule has 0 aromatic rings. The standard InChI is InChI=1S/C10H19NO/c1-6-10(12)7-8(2)9(3)11(4)5/h7,9H,6H2,1-5H3/b8-7+. The van der Waals surface area contributed by atoms with Crippen LogP contribution in [-0.2, 0) is 4.79 Å². The van der Waals surface area contributed by atoms with Gasteiger partial charge in [0.05, 0.1) is 0 Å². The highest BCUT2D eigenvalue weighted by Crippen LogP contribution is 2.06. The molecule has 1 unspecified atom stereocenters. The van der Waals surface area contributed by atoms with Gasteiger partial charge in [0, 0.05) is 12.5 Å². The van der Waals surface area contributed by atoms with Gasteiger partial charge in [0.2, 0.25) is 0 Å². The predicted octanol–water partition coefficient (Wildman–Crippen LogP) is 1.86. The van der Waals surface area contributed by atoms with E-state index in [0.29, 0.717) is 12.5 Å². The Bertz CT molecular complexity index is 182. The molecule has 0 aliphatic carbocycles. The van der Waals surface area contributed by atoms with Crippen molar-refractivity contribution in [3.63, 3.8) is 0 Å². The summed E-state index contributed by atoms with van der Waals surface area (Å²) in [5, 5.41) is 0. The first-order valence-electron chi connectivity index (χ1n) is 4.36. The van der Waals surface area contributed by atoms with Crippen molar-refractivity contribution in [3.05, 3.63) is 11.6 Å². The molecule has 0 heterocycles. The molecule has 0 bridgehead atoms. The Morgan fingerprint density at radius 1 is 1.50 bits per heavy atom. The molecule has 0 aliphatic heterocycles. The van der Waals surface area contributed by atoms with Gasteiger partial charge < -0.3 is 4.90 Å². The van der Waals surface area contributed by atoms with Crippen molar-refractivity contribution >= 4 is 5.78 Å². The van der Waals surface area contributed by atoms with Crippen molar-refractivity contribution in [3.8, 4) is 0 Å². The molecule has 12 heavy (non-hydrogen) atoms. The Morgan fingerprint density at radius 2 is 2.00 bits per heavy atom. The molecule has 0 saturated carbocycles. The second kappa shape index (κ2) is 5.09. The molecule has 0 aromatic carbocycles. The predicted molar refractivity (Wildman–Crippen MR) is 52.2 cm³/mol. The Balaban J connectivity index is 4.26. The monoisotopic (exact) mass is 169 g/mol. The van der Waals surface area contributed by atoms with E-state index in [9.17, 15) is 4.79 Å². The molecule has 0 fully saturated rings. The minimum Gasteiger partial charge on any atom is -0.303 e. The molecule has 0 radical (unpaired) electrons. The molecule has 0 aromatic heterocycles. The van der Waals surface area contributed by atoms with E-state index in [1.165, 1.54) is 0 Å². The maximum absolute atomic E-state index is 11.1. The molecule has 0 saturated heterocycles. The molecule has 2 nitrogen and oxygen atoms in total. The summed E-state index contributed by atoms with van der Waals surface area (Å²) in [7, 11) is 4.02. The van der Waals surface area contributed by atoms with E-state index in [1.54, 1.807) is 6.08 Å². The number of allylic oxidation sites excluding steroid dienone is 1. The maximum atomic E-state index is 11.1. The Morgan fingerprint density at radius 3 is 2.33 bits per heavy atom. The van der Waals surface area contributed by atoms with E-state index in [1.807, 2.05) is 27.9 Å². The fourth-order valence-electron chi connectivity index (χ4n) is 0.884. The maximum Gasteiger partial charge on any atom is 0.155 e. The summed E-state index contributed by atoms with van der Waals surface area (Å²) in [5.41, 5.74) is 1.13. The Kier molecular flexibility index (Phi) is 4.83. The van der Waals surface area contributed by atoms with Gasteiger partial charge in [0.1, 0.15) is 0 Å². The van der Waals surface area contributed by atoms with Gasteiger partial charge in [-0.2, -0.15) is 0 Å². The van der Waals surface area contributed by atoms with E-state index >= 15 is 0 Å². The number of hydrogen-bond acceptors (Lipinski definition) is 2. The van der Waals surface area contributed by atoms with Gasteiger partial charge in [-0.05, 0) is 34.0 Å². The van der Waals surface area contributed by atoms with E-state index in [0.717, 1.165) is 5.57 Å². The lowest BCUT2D eigenvalue weighted by Crippen LogP contribution is -2.25. The highest BCUT2D eigenvalue weighted by atomic mass is 16.1. The summed E-state index contributed by atoms with van der Waals surface area (Å²) in [5.74, 6) is 0.209. The molecular formula is C10H19NO. The molecule has 2 heteroatoms. The summed E-state index contributed by atoms with van der Waals surface area (Å²) >= 11 is 0. The van der Waals surface area contributed by atoms with Crippen molar-refractivity contribution in [1.29, 1.82) is 0 Å². The first-order valence-corrected chi connectivity index (χ1v) is 4.36. The van der Waals surface area contributed by atoms with E-state index in [4.69, 9.17) is 0 Å². The largest absolute Gasteiger partial charge is 0.303 e. The average molecular weight is 169 g/mol. The zero-order valence-corrected chi connectivity index (χ0v) is 8.72. The number of ketones is 1. The zero-order chi connectivity index (χ0) is 9.72. The van der Waals surface area contributed by atoms with Crippen LogP contribution >= 0.6 is 0 Å².